The summed E-state index contributed by atoms with van der Waals surface area (Å²) in [7, 11) is 1.87. The number of carboxylic acid groups (broad SMARTS) is 1. The van der Waals surface area contributed by atoms with Crippen LogP contribution < -0.4 is 5.73 Å². The number of thioether (sulfide) groups is 1. The smallest absolute Gasteiger partial charge is 0.307 e. The van der Waals surface area contributed by atoms with Crippen LogP contribution in [-0.2, 0) is 30.6 Å². The minimum absolute atomic E-state index is 0.0313. The van der Waals surface area contributed by atoms with Crippen LogP contribution >= 0.6 is 11.8 Å². The largest absolute Gasteiger partial charge is 0.481 e. The van der Waals surface area contributed by atoms with Crippen molar-refractivity contribution < 1.29 is 9.90 Å². The van der Waals surface area contributed by atoms with Gasteiger partial charge in [0, 0.05) is 12.8 Å². The van der Waals surface area contributed by atoms with E-state index in [-0.39, 0.29) is 6.42 Å². The highest BCUT2D eigenvalue weighted by molar-refractivity contribution is 7.98. The molecule has 0 fully saturated rings. The van der Waals surface area contributed by atoms with E-state index in [0.717, 1.165) is 22.1 Å². The van der Waals surface area contributed by atoms with Crippen LogP contribution in [-0.4, -0.2) is 25.8 Å². The third kappa shape index (κ3) is 3.37. The molecule has 0 aliphatic heterocycles. The molecule has 1 aromatic heterocycles. The Balaban J connectivity index is 2.10. The third-order valence-corrected chi connectivity index (χ3v) is 3.99. The highest BCUT2D eigenvalue weighted by atomic mass is 32.2. The summed E-state index contributed by atoms with van der Waals surface area (Å²) >= 11 is 1.52. The van der Waals surface area contributed by atoms with Crippen LogP contribution in [0.4, 0.5) is 0 Å². The first-order valence-corrected chi connectivity index (χ1v) is 7.10. The van der Waals surface area contributed by atoms with Gasteiger partial charge in [0.1, 0.15) is 5.82 Å². The van der Waals surface area contributed by atoms with E-state index >= 15 is 0 Å². The molecule has 6 nitrogen and oxygen atoms in total. The summed E-state index contributed by atoms with van der Waals surface area (Å²) in [5.41, 5.74) is 7.38. The van der Waals surface area contributed by atoms with Crippen molar-refractivity contribution in [3.8, 4) is 0 Å². The fraction of sp³-hybridized carbons (Fsp3) is 0.308. The quantitative estimate of drug-likeness (QED) is 0.777. The average Bonchev–Trinajstić information content (AvgIpc) is 2.78. The number of hydrogen-bond acceptors (Lipinski definition) is 5. The van der Waals surface area contributed by atoms with Gasteiger partial charge in [-0.1, -0.05) is 36.0 Å². The van der Waals surface area contributed by atoms with Crippen molar-refractivity contribution in [1.82, 2.24) is 14.8 Å². The molecule has 0 saturated carbocycles. The fourth-order valence-electron chi connectivity index (χ4n) is 1.82. The van der Waals surface area contributed by atoms with Crippen molar-refractivity contribution in [2.75, 3.05) is 0 Å². The predicted octanol–water partition coefficient (Wildman–Crippen LogP) is 1.19. The maximum atomic E-state index is 10.8. The van der Waals surface area contributed by atoms with Crippen LogP contribution in [0.5, 0.6) is 0 Å². The molecule has 3 N–H and O–H groups in total. The van der Waals surface area contributed by atoms with Crippen molar-refractivity contribution in [1.29, 1.82) is 0 Å². The Bertz CT molecular complexity index is 612. The Kier molecular flexibility index (Phi) is 4.75. The molecule has 0 unspecified atom stereocenters. The molecule has 0 aliphatic rings. The lowest BCUT2D eigenvalue weighted by Gasteiger charge is -2.07. The Labute approximate surface area is 121 Å². The molecule has 0 radical (unpaired) electrons. The number of carbonyl (C=O) groups is 1. The van der Waals surface area contributed by atoms with Gasteiger partial charge in [-0.05, 0) is 11.1 Å². The topological polar surface area (TPSA) is 94.0 Å². The summed E-state index contributed by atoms with van der Waals surface area (Å²) in [5.74, 6) is 0.554. The Morgan fingerprint density at radius 2 is 2.05 bits per heavy atom. The van der Waals surface area contributed by atoms with Crippen molar-refractivity contribution in [3.63, 3.8) is 0 Å². The molecule has 106 valence electrons. The van der Waals surface area contributed by atoms with Crippen LogP contribution in [0.3, 0.4) is 0 Å². The normalized spacial score (nSPS) is 10.7. The van der Waals surface area contributed by atoms with E-state index in [9.17, 15) is 4.79 Å². The van der Waals surface area contributed by atoms with Gasteiger partial charge in [-0.25, -0.2) is 0 Å². The third-order valence-electron chi connectivity index (χ3n) is 2.92. The monoisotopic (exact) mass is 292 g/mol. The zero-order chi connectivity index (χ0) is 14.5. The van der Waals surface area contributed by atoms with Crippen LogP contribution in [0.25, 0.3) is 0 Å². The maximum Gasteiger partial charge on any atom is 0.307 e. The van der Waals surface area contributed by atoms with Crippen LogP contribution in [0.2, 0.25) is 0 Å². The van der Waals surface area contributed by atoms with Gasteiger partial charge >= 0.3 is 5.97 Å². The zero-order valence-corrected chi connectivity index (χ0v) is 11.9. The highest BCUT2D eigenvalue weighted by Gasteiger charge is 2.10. The fourth-order valence-corrected chi connectivity index (χ4v) is 2.79. The maximum absolute atomic E-state index is 10.8. The molecule has 2 rings (SSSR count). The van der Waals surface area contributed by atoms with Crippen LogP contribution in [0.15, 0.2) is 29.4 Å². The second-order valence-corrected chi connectivity index (χ2v) is 5.23. The van der Waals surface area contributed by atoms with Crippen molar-refractivity contribution in [3.05, 3.63) is 41.2 Å². The lowest BCUT2D eigenvalue weighted by molar-refractivity contribution is -0.136. The minimum atomic E-state index is -0.827. The number of carboxylic acids is 1. The van der Waals surface area contributed by atoms with Gasteiger partial charge in [0.05, 0.1) is 13.0 Å². The molecule has 1 heterocycles. The van der Waals surface area contributed by atoms with Crippen molar-refractivity contribution in [2.45, 2.75) is 23.9 Å². The Hall–Kier alpha value is -1.86. The van der Waals surface area contributed by atoms with Gasteiger partial charge in [-0.15, -0.1) is 10.2 Å². The second kappa shape index (κ2) is 6.53. The number of aliphatic carboxylic acids is 1. The van der Waals surface area contributed by atoms with E-state index in [4.69, 9.17) is 10.8 Å². The van der Waals surface area contributed by atoms with E-state index in [1.165, 1.54) is 11.8 Å². The highest BCUT2D eigenvalue weighted by Crippen LogP contribution is 2.23. The number of nitrogens with two attached hydrogens (primary N) is 1. The lowest BCUT2D eigenvalue weighted by Crippen LogP contribution is -2.05. The molecule has 0 saturated heterocycles. The molecule has 2 aromatic rings. The van der Waals surface area contributed by atoms with Gasteiger partial charge in [-0.2, -0.15) is 0 Å². The van der Waals surface area contributed by atoms with Gasteiger partial charge in [-0.3, -0.25) is 4.79 Å². The van der Waals surface area contributed by atoms with Gasteiger partial charge in [0.25, 0.3) is 0 Å². The summed E-state index contributed by atoms with van der Waals surface area (Å²) in [5, 5.41) is 17.7. The van der Waals surface area contributed by atoms with Gasteiger partial charge < -0.3 is 15.4 Å². The first kappa shape index (κ1) is 14.5. The second-order valence-electron chi connectivity index (χ2n) is 4.29. The predicted molar refractivity (Wildman–Crippen MR) is 76.2 cm³/mol. The van der Waals surface area contributed by atoms with E-state index in [2.05, 4.69) is 10.2 Å². The van der Waals surface area contributed by atoms with E-state index in [0.29, 0.717) is 12.3 Å². The average molecular weight is 292 g/mol. The number of rotatable bonds is 6. The number of benzene rings is 1. The molecule has 0 spiro atoms. The molecule has 20 heavy (non-hydrogen) atoms. The molecule has 0 amide bonds. The Morgan fingerprint density at radius 1 is 1.35 bits per heavy atom. The summed E-state index contributed by atoms with van der Waals surface area (Å²) < 4.78 is 1.85. The molecular weight excluding hydrogens is 276 g/mol. The first-order valence-electron chi connectivity index (χ1n) is 6.11. The van der Waals surface area contributed by atoms with E-state index < -0.39 is 5.97 Å². The van der Waals surface area contributed by atoms with Crippen LogP contribution in [0.1, 0.15) is 17.0 Å². The minimum Gasteiger partial charge on any atom is -0.481 e. The number of aromatic nitrogens is 3. The number of hydrogen-bond donors (Lipinski definition) is 2. The summed E-state index contributed by atoms with van der Waals surface area (Å²) in [6.45, 7) is 0.347. The summed E-state index contributed by atoms with van der Waals surface area (Å²) in [4.78, 5) is 10.8. The van der Waals surface area contributed by atoms with Crippen LogP contribution in [0, 0.1) is 0 Å². The lowest BCUT2D eigenvalue weighted by atomic mass is 10.1. The molecule has 7 heteroatoms. The first-order chi connectivity index (χ1) is 9.61. The molecular formula is C13H16N4O2S. The SMILES string of the molecule is Cn1c(CN)nnc1SCc1ccccc1CC(=O)O. The molecule has 0 bridgehead atoms. The van der Waals surface area contributed by atoms with Gasteiger partial charge in [0.15, 0.2) is 5.16 Å². The standard InChI is InChI=1S/C13H16N4O2S/c1-17-11(7-14)15-16-13(17)20-8-10-5-3-2-4-9(10)6-12(18)19/h2-5H,6-8,14H2,1H3,(H,18,19). The molecule has 0 aliphatic carbocycles. The molecule has 1 aromatic carbocycles. The van der Waals surface area contributed by atoms with E-state index in [1.54, 1.807) is 0 Å². The van der Waals surface area contributed by atoms with E-state index in [1.807, 2.05) is 35.9 Å². The summed E-state index contributed by atoms with van der Waals surface area (Å²) in [6, 6.07) is 7.53. The molecule has 0 atom stereocenters. The van der Waals surface area contributed by atoms with Crippen molar-refractivity contribution >= 4 is 17.7 Å². The Morgan fingerprint density at radius 3 is 2.65 bits per heavy atom. The zero-order valence-electron chi connectivity index (χ0n) is 11.1. The number of nitrogens with zero attached hydrogens (tertiary/aromatic N) is 3. The van der Waals surface area contributed by atoms with Gasteiger partial charge in [0.2, 0.25) is 0 Å². The summed E-state index contributed by atoms with van der Waals surface area (Å²) in [6.07, 6.45) is 0.0313. The van der Waals surface area contributed by atoms with Crippen molar-refractivity contribution in [2.24, 2.45) is 12.8 Å².